The Morgan fingerprint density at radius 3 is 2.60 bits per heavy atom. The third-order valence-electron chi connectivity index (χ3n) is 4.53. The van der Waals surface area contributed by atoms with Crippen molar-refractivity contribution in [2.45, 2.75) is 0 Å². The highest BCUT2D eigenvalue weighted by atomic mass is 16.5. The molecule has 0 aliphatic heterocycles. The molecule has 0 saturated carbocycles. The Hall–Kier alpha value is -3.41. The van der Waals surface area contributed by atoms with Gasteiger partial charge in [-0.15, -0.1) is 0 Å². The van der Waals surface area contributed by atoms with Gasteiger partial charge in [-0.1, -0.05) is 23.4 Å². The third-order valence-corrected chi connectivity index (χ3v) is 4.53. The first-order valence-electron chi connectivity index (χ1n) is 8.01. The largest absolute Gasteiger partial charge is 0.350 e. The van der Waals surface area contributed by atoms with Crippen LogP contribution in [0, 0.1) is 0 Å². The maximum atomic E-state index is 5.57. The predicted octanol–water partition coefficient (Wildman–Crippen LogP) is 3.78. The Labute approximate surface area is 143 Å². The van der Waals surface area contributed by atoms with Gasteiger partial charge in [0.15, 0.2) is 0 Å². The van der Waals surface area contributed by atoms with E-state index in [9.17, 15) is 0 Å². The Morgan fingerprint density at radius 1 is 0.880 bits per heavy atom. The van der Waals surface area contributed by atoms with Crippen molar-refractivity contribution >= 4 is 21.9 Å². The average Bonchev–Trinajstić information content (AvgIpc) is 3.33. The van der Waals surface area contributed by atoms with Gasteiger partial charge < -0.3 is 13.7 Å². The topological polar surface area (TPSA) is 61.7 Å². The molecule has 0 N–H and O–H groups in total. The van der Waals surface area contributed by atoms with E-state index in [-0.39, 0.29) is 0 Å². The number of hydrogen-bond donors (Lipinski definition) is 0. The van der Waals surface area contributed by atoms with Crippen molar-refractivity contribution < 1.29 is 4.52 Å². The standard InChI is InChI=1S/C19H15N5O/c1-23-10-14(12-6-3-4-8-16(12)23)17-21-19(25-22-17)15-11-24(2)18-13(15)7-5-9-20-18/h3-11H,1-2H3. The highest BCUT2D eigenvalue weighted by Crippen LogP contribution is 2.32. The van der Waals surface area contributed by atoms with Crippen molar-refractivity contribution in [3.05, 3.63) is 55.0 Å². The highest BCUT2D eigenvalue weighted by Gasteiger charge is 2.18. The average molecular weight is 329 g/mol. The molecule has 0 saturated heterocycles. The zero-order valence-electron chi connectivity index (χ0n) is 13.8. The minimum atomic E-state index is 0.501. The van der Waals surface area contributed by atoms with Crippen molar-refractivity contribution in [2.75, 3.05) is 0 Å². The fourth-order valence-corrected chi connectivity index (χ4v) is 3.35. The van der Waals surface area contributed by atoms with Crippen LogP contribution in [0.15, 0.2) is 59.5 Å². The molecule has 0 fully saturated rings. The lowest BCUT2D eigenvalue weighted by molar-refractivity contribution is 0.432. The molecule has 0 aliphatic rings. The summed E-state index contributed by atoms with van der Waals surface area (Å²) in [6, 6.07) is 12.1. The number of aromatic nitrogens is 5. The third kappa shape index (κ3) is 2.00. The lowest BCUT2D eigenvalue weighted by atomic mass is 10.1. The number of nitrogens with zero attached hydrogens (tertiary/aromatic N) is 5. The van der Waals surface area contributed by atoms with E-state index in [1.807, 2.05) is 55.3 Å². The van der Waals surface area contributed by atoms with Gasteiger partial charge >= 0.3 is 0 Å². The molecule has 0 aliphatic carbocycles. The fraction of sp³-hybridized carbons (Fsp3) is 0.105. The molecule has 25 heavy (non-hydrogen) atoms. The minimum absolute atomic E-state index is 0.501. The molecule has 1 aromatic carbocycles. The number of pyridine rings is 1. The van der Waals surface area contributed by atoms with Crippen molar-refractivity contribution in [1.82, 2.24) is 24.3 Å². The first-order valence-corrected chi connectivity index (χ1v) is 8.01. The second-order valence-corrected chi connectivity index (χ2v) is 6.12. The highest BCUT2D eigenvalue weighted by molar-refractivity contribution is 5.95. The molecule has 0 unspecified atom stereocenters. The van der Waals surface area contributed by atoms with E-state index in [1.54, 1.807) is 6.20 Å². The molecule has 5 aromatic rings. The molecule has 6 nitrogen and oxygen atoms in total. The van der Waals surface area contributed by atoms with E-state index in [0.717, 1.165) is 33.1 Å². The molecule has 0 amide bonds. The second-order valence-electron chi connectivity index (χ2n) is 6.12. The van der Waals surface area contributed by atoms with Gasteiger partial charge in [0.2, 0.25) is 5.82 Å². The zero-order chi connectivity index (χ0) is 17.0. The Kier molecular flexibility index (Phi) is 2.82. The SMILES string of the molecule is Cn1cc(-c2noc(-c3cn(C)c4ncccc34)n2)c2ccccc21. The molecule has 4 heterocycles. The number of hydrogen-bond acceptors (Lipinski definition) is 4. The van der Waals surface area contributed by atoms with E-state index < -0.39 is 0 Å². The summed E-state index contributed by atoms with van der Waals surface area (Å²) in [5.74, 6) is 1.09. The van der Waals surface area contributed by atoms with Gasteiger partial charge in [-0.05, 0) is 18.2 Å². The van der Waals surface area contributed by atoms with Gasteiger partial charge in [0.25, 0.3) is 5.89 Å². The summed E-state index contributed by atoms with van der Waals surface area (Å²) in [6.45, 7) is 0. The molecule has 4 aromatic heterocycles. The van der Waals surface area contributed by atoms with Crippen LogP contribution in [0.3, 0.4) is 0 Å². The monoisotopic (exact) mass is 329 g/mol. The number of aryl methyl sites for hydroxylation is 2. The zero-order valence-corrected chi connectivity index (χ0v) is 13.8. The van der Waals surface area contributed by atoms with Gasteiger partial charge in [-0.2, -0.15) is 4.98 Å². The van der Waals surface area contributed by atoms with Crippen molar-refractivity contribution in [2.24, 2.45) is 14.1 Å². The molecule has 0 atom stereocenters. The maximum absolute atomic E-state index is 5.57. The van der Waals surface area contributed by atoms with Crippen LogP contribution < -0.4 is 0 Å². The molecule has 5 rings (SSSR count). The predicted molar refractivity (Wildman–Crippen MR) is 95.9 cm³/mol. The van der Waals surface area contributed by atoms with Gasteiger partial charge in [-0.3, -0.25) is 0 Å². The van der Waals surface area contributed by atoms with E-state index in [4.69, 9.17) is 4.52 Å². The normalized spacial score (nSPS) is 11.6. The quantitative estimate of drug-likeness (QED) is 0.494. The van der Waals surface area contributed by atoms with Crippen LogP contribution in [0.25, 0.3) is 44.8 Å². The minimum Gasteiger partial charge on any atom is -0.350 e. The number of benzene rings is 1. The number of fused-ring (bicyclic) bond motifs is 2. The summed E-state index contributed by atoms with van der Waals surface area (Å²) in [4.78, 5) is 9.05. The molecule has 0 spiro atoms. The fourth-order valence-electron chi connectivity index (χ4n) is 3.35. The molecule has 0 radical (unpaired) electrons. The van der Waals surface area contributed by atoms with Crippen molar-refractivity contribution in [3.8, 4) is 22.8 Å². The molecule has 122 valence electrons. The Balaban J connectivity index is 1.68. The maximum Gasteiger partial charge on any atom is 0.260 e. The van der Waals surface area contributed by atoms with Crippen LogP contribution in [0.4, 0.5) is 0 Å². The number of para-hydroxylation sites is 1. The van der Waals surface area contributed by atoms with E-state index in [2.05, 4.69) is 31.8 Å². The van der Waals surface area contributed by atoms with E-state index in [1.165, 1.54) is 0 Å². The summed E-state index contributed by atoms with van der Waals surface area (Å²) in [6.07, 6.45) is 5.78. The van der Waals surface area contributed by atoms with Crippen LogP contribution in [-0.4, -0.2) is 24.3 Å². The van der Waals surface area contributed by atoms with Gasteiger partial charge in [-0.25, -0.2) is 4.98 Å². The molecule has 6 heteroatoms. The van der Waals surface area contributed by atoms with Crippen LogP contribution in [0.5, 0.6) is 0 Å². The summed E-state index contributed by atoms with van der Waals surface area (Å²) in [5, 5.41) is 6.32. The Bertz CT molecular complexity index is 1130. The summed E-state index contributed by atoms with van der Waals surface area (Å²) < 4.78 is 9.61. The smallest absolute Gasteiger partial charge is 0.260 e. The van der Waals surface area contributed by atoms with Crippen molar-refractivity contribution in [1.29, 1.82) is 0 Å². The second kappa shape index (κ2) is 5.04. The van der Waals surface area contributed by atoms with E-state index in [0.29, 0.717) is 11.7 Å². The molecular weight excluding hydrogens is 314 g/mol. The van der Waals surface area contributed by atoms with Crippen LogP contribution >= 0.6 is 0 Å². The van der Waals surface area contributed by atoms with Crippen LogP contribution in [0.2, 0.25) is 0 Å². The number of rotatable bonds is 2. The van der Waals surface area contributed by atoms with Crippen LogP contribution in [-0.2, 0) is 14.1 Å². The van der Waals surface area contributed by atoms with Gasteiger partial charge in [0, 0.05) is 54.5 Å². The lowest BCUT2D eigenvalue weighted by Crippen LogP contribution is -1.85. The first-order chi connectivity index (χ1) is 12.2. The Morgan fingerprint density at radius 2 is 1.68 bits per heavy atom. The summed E-state index contributed by atoms with van der Waals surface area (Å²) in [7, 11) is 3.98. The molecular formula is C19H15N5O. The summed E-state index contributed by atoms with van der Waals surface area (Å²) >= 11 is 0. The van der Waals surface area contributed by atoms with Gasteiger partial charge in [0.1, 0.15) is 5.65 Å². The first kappa shape index (κ1) is 14.0. The lowest BCUT2D eigenvalue weighted by Gasteiger charge is -1.93. The summed E-state index contributed by atoms with van der Waals surface area (Å²) in [5.41, 5.74) is 3.89. The molecule has 0 bridgehead atoms. The van der Waals surface area contributed by atoms with E-state index >= 15 is 0 Å². The van der Waals surface area contributed by atoms with Crippen LogP contribution in [0.1, 0.15) is 0 Å². The van der Waals surface area contributed by atoms with Gasteiger partial charge in [0.05, 0.1) is 5.56 Å². The van der Waals surface area contributed by atoms with Crippen molar-refractivity contribution in [3.63, 3.8) is 0 Å².